The second-order valence-electron chi connectivity index (χ2n) is 4.19. The Morgan fingerprint density at radius 2 is 1.37 bits per heavy atom. The lowest BCUT2D eigenvalue weighted by atomic mass is 10.1. The average molecular weight is 276 g/mol. The minimum absolute atomic E-state index is 0.0630. The molecule has 108 valence electrons. The molecule has 2 N–H and O–H groups in total. The van der Waals surface area contributed by atoms with E-state index in [1.54, 1.807) is 13.8 Å². The minimum atomic E-state index is -2.30. The Bertz CT molecular complexity index is 373. The predicted molar refractivity (Wildman–Crippen MR) is 59.3 cm³/mol. The molecule has 0 heterocycles. The Morgan fingerprint density at radius 3 is 1.74 bits per heavy atom. The van der Waals surface area contributed by atoms with E-state index in [1.807, 2.05) is 0 Å². The molecule has 0 aromatic carbocycles. The highest BCUT2D eigenvalue weighted by Gasteiger charge is 2.34. The van der Waals surface area contributed by atoms with Crippen LogP contribution in [0.4, 0.5) is 0 Å². The van der Waals surface area contributed by atoms with Crippen molar-refractivity contribution in [2.45, 2.75) is 39.4 Å². The van der Waals surface area contributed by atoms with Crippen molar-refractivity contribution in [3.8, 4) is 0 Å². The fourth-order valence-corrected chi connectivity index (χ4v) is 1.01. The summed E-state index contributed by atoms with van der Waals surface area (Å²) in [5.41, 5.74) is 0. The van der Waals surface area contributed by atoms with Crippen molar-refractivity contribution in [3.63, 3.8) is 0 Å². The van der Waals surface area contributed by atoms with Crippen molar-refractivity contribution >= 4 is 23.9 Å². The zero-order valence-corrected chi connectivity index (χ0v) is 10.8. The first-order valence-electron chi connectivity index (χ1n) is 5.48. The summed E-state index contributed by atoms with van der Waals surface area (Å²) in [4.78, 5) is 43.8. The molecular weight excluding hydrogens is 260 g/mol. The van der Waals surface area contributed by atoms with Crippen molar-refractivity contribution in [2.24, 2.45) is 5.92 Å². The number of carbonyl (C=O) groups excluding carboxylic acids is 4. The van der Waals surface area contributed by atoms with E-state index in [4.69, 9.17) is 0 Å². The molecule has 0 aliphatic rings. The fourth-order valence-electron chi connectivity index (χ4n) is 1.01. The SMILES string of the molecule is CC(=O)OC(=O)C(O)C(O)C(=O)OC(=O)CC(C)C. The summed E-state index contributed by atoms with van der Waals surface area (Å²) in [6, 6.07) is 0. The molecule has 19 heavy (non-hydrogen) atoms. The van der Waals surface area contributed by atoms with Gasteiger partial charge >= 0.3 is 23.9 Å². The van der Waals surface area contributed by atoms with Crippen LogP contribution < -0.4 is 0 Å². The Hall–Kier alpha value is -1.80. The van der Waals surface area contributed by atoms with Crippen LogP contribution in [0.25, 0.3) is 0 Å². The van der Waals surface area contributed by atoms with Crippen LogP contribution in [-0.4, -0.2) is 46.3 Å². The second-order valence-corrected chi connectivity index (χ2v) is 4.19. The van der Waals surface area contributed by atoms with Gasteiger partial charge in [-0.2, -0.15) is 0 Å². The van der Waals surface area contributed by atoms with Gasteiger partial charge in [-0.3, -0.25) is 9.59 Å². The van der Waals surface area contributed by atoms with Crippen LogP contribution in [0, 0.1) is 5.92 Å². The van der Waals surface area contributed by atoms with Gasteiger partial charge in [-0.1, -0.05) is 13.8 Å². The van der Waals surface area contributed by atoms with E-state index in [-0.39, 0.29) is 12.3 Å². The summed E-state index contributed by atoms with van der Waals surface area (Å²) in [5.74, 6) is -4.97. The van der Waals surface area contributed by atoms with E-state index in [9.17, 15) is 29.4 Å². The Balaban J connectivity index is 4.43. The normalized spacial score (nSPS) is 13.6. The van der Waals surface area contributed by atoms with E-state index in [1.165, 1.54) is 0 Å². The first-order chi connectivity index (χ1) is 8.65. The van der Waals surface area contributed by atoms with E-state index in [0.717, 1.165) is 6.92 Å². The van der Waals surface area contributed by atoms with Crippen LogP contribution in [0.1, 0.15) is 27.2 Å². The van der Waals surface area contributed by atoms with Gasteiger partial charge in [-0.15, -0.1) is 0 Å². The van der Waals surface area contributed by atoms with Gasteiger partial charge in [0.2, 0.25) is 0 Å². The molecule has 0 aliphatic carbocycles. The maximum atomic E-state index is 11.2. The van der Waals surface area contributed by atoms with Crippen LogP contribution in [0.5, 0.6) is 0 Å². The van der Waals surface area contributed by atoms with Crippen molar-refractivity contribution in [2.75, 3.05) is 0 Å². The van der Waals surface area contributed by atoms with E-state index in [2.05, 4.69) is 9.47 Å². The molecule has 8 heteroatoms. The molecule has 0 bridgehead atoms. The Kier molecular flexibility index (Phi) is 6.87. The van der Waals surface area contributed by atoms with Crippen molar-refractivity contribution in [1.82, 2.24) is 0 Å². The van der Waals surface area contributed by atoms with Crippen molar-refractivity contribution < 1.29 is 38.9 Å². The van der Waals surface area contributed by atoms with Gasteiger partial charge in [0, 0.05) is 13.3 Å². The summed E-state index contributed by atoms with van der Waals surface area (Å²) >= 11 is 0. The minimum Gasteiger partial charge on any atom is -0.391 e. The van der Waals surface area contributed by atoms with E-state index < -0.39 is 36.1 Å². The molecule has 0 rings (SSSR count). The van der Waals surface area contributed by atoms with E-state index in [0.29, 0.717) is 0 Å². The molecule has 2 unspecified atom stereocenters. The zero-order chi connectivity index (χ0) is 15.2. The number of esters is 4. The summed E-state index contributed by atoms with van der Waals surface area (Å²) in [7, 11) is 0. The summed E-state index contributed by atoms with van der Waals surface area (Å²) < 4.78 is 8.19. The first-order valence-corrected chi connectivity index (χ1v) is 5.48. The van der Waals surface area contributed by atoms with Crippen LogP contribution in [-0.2, 0) is 28.7 Å². The van der Waals surface area contributed by atoms with E-state index >= 15 is 0 Å². The van der Waals surface area contributed by atoms with Gasteiger partial charge in [-0.05, 0) is 5.92 Å². The monoisotopic (exact) mass is 276 g/mol. The van der Waals surface area contributed by atoms with Gasteiger partial charge in [0.15, 0.2) is 12.2 Å². The number of ether oxygens (including phenoxy) is 2. The van der Waals surface area contributed by atoms with Crippen molar-refractivity contribution in [1.29, 1.82) is 0 Å². The smallest absolute Gasteiger partial charge is 0.346 e. The second kappa shape index (κ2) is 7.59. The van der Waals surface area contributed by atoms with Gasteiger partial charge < -0.3 is 19.7 Å². The maximum absolute atomic E-state index is 11.2. The number of aliphatic hydroxyl groups excluding tert-OH is 2. The Morgan fingerprint density at radius 1 is 0.947 bits per heavy atom. The van der Waals surface area contributed by atoms with Crippen LogP contribution >= 0.6 is 0 Å². The summed E-state index contributed by atoms with van der Waals surface area (Å²) in [6.45, 7) is 4.32. The highest BCUT2D eigenvalue weighted by molar-refractivity contribution is 5.94. The molecule has 0 aliphatic heterocycles. The van der Waals surface area contributed by atoms with Gasteiger partial charge in [0.1, 0.15) is 0 Å². The molecule has 0 saturated carbocycles. The molecule has 0 amide bonds. The average Bonchev–Trinajstić information content (AvgIpc) is 2.24. The molecule has 0 aromatic heterocycles. The zero-order valence-electron chi connectivity index (χ0n) is 10.8. The molecule has 0 spiro atoms. The molecule has 0 radical (unpaired) electrons. The van der Waals surface area contributed by atoms with Crippen LogP contribution in [0.2, 0.25) is 0 Å². The number of rotatable bonds is 5. The van der Waals surface area contributed by atoms with Crippen LogP contribution in [0.15, 0.2) is 0 Å². The van der Waals surface area contributed by atoms with Gasteiger partial charge in [-0.25, -0.2) is 9.59 Å². The largest absolute Gasteiger partial charge is 0.391 e. The molecule has 0 aromatic rings. The highest BCUT2D eigenvalue weighted by atomic mass is 16.6. The number of hydrogen-bond donors (Lipinski definition) is 2. The van der Waals surface area contributed by atoms with Gasteiger partial charge in [0.05, 0.1) is 0 Å². The lowest BCUT2D eigenvalue weighted by Crippen LogP contribution is -2.42. The third-order valence-corrected chi connectivity index (χ3v) is 1.82. The molecule has 2 atom stereocenters. The topological polar surface area (TPSA) is 127 Å². The summed E-state index contributed by atoms with van der Waals surface area (Å²) in [6.07, 6.45) is -4.67. The lowest BCUT2D eigenvalue weighted by molar-refractivity contribution is -0.180. The molecular formula is C11H16O8. The third kappa shape index (κ3) is 6.63. The lowest BCUT2D eigenvalue weighted by Gasteiger charge is -2.14. The predicted octanol–water partition coefficient (Wildman–Crippen LogP) is -1.09. The molecule has 0 fully saturated rings. The number of aliphatic hydroxyl groups is 2. The first kappa shape index (κ1) is 17.2. The molecule has 8 nitrogen and oxygen atoms in total. The van der Waals surface area contributed by atoms with Gasteiger partial charge in [0.25, 0.3) is 0 Å². The fraction of sp³-hybridized carbons (Fsp3) is 0.636. The Labute approximate surface area is 109 Å². The maximum Gasteiger partial charge on any atom is 0.346 e. The third-order valence-electron chi connectivity index (χ3n) is 1.82. The quantitative estimate of drug-likeness (QED) is 0.479. The standard InChI is InChI=1S/C11H16O8/c1-5(2)4-7(13)19-11(17)9(15)8(14)10(16)18-6(3)12/h5,8-9,14-15H,4H2,1-3H3. The van der Waals surface area contributed by atoms with Crippen molar-refractivity contribution in [3.05, 3.63) is 0 Å². The highest BCUT2D eigenvalue weighted by Crippen LogP contribution is 2.05. The van der Waals surface area contributed by atoms with Crippen LogP contribution in [0.3, 0.4) is 0 Å². The summed E-state index contributed by atoms with van der Waals surface area (Å²) in [5, 5.41) is 18.5. The molecule has 0 saturated heterocycles. The number of hydrogen-bond acceptors (Lipinski definition) is 8. The number of carbonyl (C=O) groups is 4.